The molecule has 0 aliphatic rings. The molecule has 1 aromatic rings. The van der Waals surface area contributed by atoms with E-state index in [2.05, 4.69) is 21.2 Å². The molecule has 0 bridgehead atoms. The molecule has 0 unspecified atom stereocenters. The minimum Gasteiger partial charge on any atom is -0.342 e. The molecule has 3 nitrogen and oxygen atoms in total. The van der Waals surface area contributed by atoms with Crippen LogP contribution in [-0.2, 0) is 11.3 Å². The standard InChI is InChI=1S/C13H18BrClN2O/c1-3-17(4-2)13(18)9-16-8-10-5-6-11(15)7-12(10)14/h5-7,16H,3-4,8-9H2,1-2H3. The van der Waals surface area contributed by atoms with Crippen molar-refractivity contribution in [1.82, 2.24) is 10.2 Å². The Kier molecular flexibility index (Phi) is 6.68. The molecule has 1 amide bonds. The number of amides is 1. The largest absolute Gasteiger partial charge is 0.342 e. The lowest BCUT2D eigenvalue weighted by molar-refractivity contribution is -0.129. The number of rotatable bonds is 6. The van der Waals surface area contributed by atoms with E-state index in [-0.39, 0.29) is 5.91 Å². The summed E-state index contributed by atoms with van der Waals surface area (Å²) in [7, 11) is 0. The van der Waals surface area contributed by atoms with Crippen LogP contribution in [-0.4, -0.2) is 30.4 Å². The van der Waals surface area contributed by atoms with Crippen LogP contribution in [0.15, 0.2) is 22.7 Å². The SMILES string of the molecule is CCN(CC)C(=O)CNCc1ccc(Cl)cc1Br. The van der Waals surface area contributed by atoms with E-state index in [0.717, 1.165) is 23.1 Å². The minimum absolute atomic E-state index is 0.130. The van der Waals surface area contributed by atoms with Crippen molar-refractivity contribution in [3.63, 3.8) is 0 Å². The first-order chi connectivity index (χ1) is 8.58. The molecule has 18 heavy (non-hydrogen) atoms. The van der Waals surface area contributed by atoms with E-state index in [1.54, 1.807) is 0 Å². The van der Waals surface area contributed by atoms with Crippen LogP contribution in [0.5, 0.6) is 0 Å². The van der Waals surface area contributed by atoms with Gasteiger partial charge in [-0.3, -0.25) is 4.79 Å². The van der Waals surface area contributed by atoms with Gasteiger partial charge < -0.3 is 10.2 Å². The van der Waals surface area contributed by atoms with Gasteiger partial charge >= 0.3 is 0 Å². The third-order valence-electron chi connectivity index (χ3n) is 2.72. The summed E-state index contributed by atoms with van der Waals surface area (Å²) in [6, 6.07) is 5.64. The summed E-state index contributed by atoms with van der Waals surface area (Å²) in [6.45, 7) is 6.47. The van der Waals surface area contributed by atoms with Crippen molar-refractivity contribution in [3.05, 3.63) is 33.3 Å². The number of likely N-dealkylation sites (N-methyl/N-ethyl adjacent to an activating group) is 1. The van der Waals surface area contributed by atoms with Crippen LogP contribution < -0.4 is 5.32 Å². The lowest BCUT2D eigenvalue weighted by atomic mass is 10.2. The number of hydrogen-bond acceptors (Lipinski definition) is 2. The molecule has 0 aliphatic carbocycles. The molecule has 5 heteroatoms. The summed E-state index contributed by atoms with van der Waals surface area (Å²) in [5.41, 5.74) is 1.09. The average Bonchev–Trinajstić information content (AvgIpc) is 2.33. The van der Waals surface area contributed by atoms with Gasteiger partial charge in [-0.05, 0) is 31.5 Å². The Labute approximate surface area is 122 Å². The zero-order chi connectivity index (χ0) is 13.5. The topological polar surface area (TPSA) is 32.3 Å². The number of carbonyl (C=O) groups excluding carboxylic acids is 1. The number of halogens is 2. The maximum absolute atomic E-state index is 11.8. The maximum Gasteiger partial charge on any atom is 0.236 e. The highest BCUT2D eigenvalue weighted by atomic mass is 79.9. The van der Waals surface area contributed by atoms with E-state index in [0.29, 0.717) is 18.1 Å². The van der Waals surface area contributed by atoms with Gasteiger partial charge in [0.15, 0.2) is 0 Å². The molecule has 0 heterocycles. The van der Waals surface area contributed by atoms with Crippen molar-refractivity contribution >= 4 is 33.4 Å². The number of nitrogens with one attached hydrogen (secondary N) is 1. The van der Waals surface area contributed by atoms with Gasteiger partial charge in [-0.1, -0.05) is 33.6 Å². The molecule has 1 rings (SSSR count). The molecule has 0 atom stereocenters. The number of hydrogen-bond donors (Lipinski definition) is 1. The van der Waals surface area contributed by atoms with Gasteiger partial charge in [-0.25, -0.2) is 0 Å². The van der Waals surface area contributed by atoms with Crippen molar-refractivity contribution in [3.8, 4) is 0 Å². The fourth-order valence-corrected chi connectivity index (χ4v) is 2.48. The molecule has 0 aliphatic heterocycles. The second-order valence-electron chi connectivity index (χ2n) is 3.91. The Morgan fingerprint density at radius 3 is 2.61 bits per heavy atom. The smallest absolute Gasteiger partial charge is 0.236 e. The predicted octanol–water partition coefficient (Wildman–Crippen LogP) is 3.06. The summed E-state index contributed by atoms with van der Waals surface area (Å²) in [6.07, 6.45) is 0. The molecule has 1 N–H and O–H groups in total. The van der Waals surface area contributed by atoms with E-state index in [1.807, 2.05) is 36.9 Å². The summed E-state index contributed by atoms with van der Waals surface area (Å²) in [4.78, 5) is 13.6. The Balaban J connectivity index is 2.44. The van der Waals surface area contributed by atoms with E-state index in [9.17, 15) is 4.79 Å². The monoisotopic (exact) mass is 332 g/mol. The van der Waals surface area contributed by atoms with Crippen molar-refractivity contribution in [2.75, 3.05) is 19.6 Å². The van der Waals surface area contributed by atoms with Gasteiger partial charge in [0.05, 0.1) is 6.54 Å². The molecule has 0 saturated carbocycles. The Bertz CT molecular complexity index is 408. The van der Waals surface area contributed by atoms with Crippen molar-refractivity contribution in [2.45, 2.75) is 20.4 Å². The van der Waals surface area contributed by atoms with Crippen LogP contribution in [0, 0.1) is 0 Å². The summed E-state index contributed by atoms with van der Waals surface area (Å²) >= 11 is 9.32. The highest BCUT2D eigenvalue weighted by Gasteiger charge is 2.08. The molecule has 0 fully saturated rings. The molecule has 0 spiro atoms. The number of benzene rings is 1. The molecule has 1 aromatic carbocycles. The fraction of sp³-hybridized carbons (Fsp3) is 0.462. The Morgan fingerprint density at radius 1 is 1.39 bits per heavy atom. The van der Waals surface area contributed by atoms with Crippen LogP contribution >= 0.6 is 27.5 Å². The number of nitrogens with zero attached hydrogens (tertiary/aromatic N) is 1. The summed E-state index contributed by atoms with van der Waals surface area (Å²) < 4.78 is 0.956. The van der Waals surface area contributed by atoms with E-state index in [1.165, 1.54) is 0 Å². The highest BCUT2D eigenvalue weighted by Crippen LogP contribution is 2.21. The van der Waals surface area contributed by atoms with Crippen LogP contribution in [0.1, 0.15) is 19.4 Å². The van der Waals surface area contributed by atoms with Crippen molar-refractivity contribution < 1.29 is 4.79 Å². The van der Waals surface area contributed by atoms with Gasteiger partial charge in [0.1, 0.15) is 0 Å². The van der Waals surface area contributed by atoms with Gasteiger partial charge in [0, 0.05) is 29.1 Å². The lowest BCUT2D eigenvalue weighted by Crippen LogP contribution is -2.37. The van der Waals surface area contributed by atoms with Crippen LogP contribution in [0.25, 0.3) is 0 Å². The minimum atomic E-state index is 0.130. The fourth-order valence-electron chi connectivity index (χ4n) is 1.66. The first-order valence-electron chi connectivity index (χ1n) is 6.00. The van der Waals surface area contributed by atoms with E-state index < -0.39 is 0 Å². The maximum atomic E-state index is 11.8. The lowest BCUT2D eigenvalue weighted by Gasteiger charge is -2.18. The third kappa shape index (κ3) is 4.59. The van der Waals surface area contributed by atoms with Crippen LogP contribution in [0.2, 0.25) is 5.02 Å². The predicted molar refractivity (Wildman–Crippen MR) is 78.8 cm³/mol. The normalized spacial score (nSPS) is 10.4. The number of carbonyl (C=O) groups is 1. The van der Waals surface area contributed by atoms with Gasteiger partial charge in [-0.2, -0.15) is 0 Å². The zero-order valence-corrected chi connectivity index (χ0v) is 13.0. The van der Waals surface area contributed by atoms with Gasteiger partial charge in [-0.15, -0.1) is 0 Å². The summed E-state index contributed by atoms with van der Waals surface area (Å²) in [5, 5.41) is 3.85. The second kappa shape index (κ2) is 7.77. The molecule has 0 saturated heterocycles. The first kappa shape index (κ1) is 15.5. The third-order valence-corrected chi connectivity index (χ3v) is 3.70. The summed E-state index contributed by atoms with van der Waals surface area (Å²) in [5.74, 6) is 0.130. The Hall–Kier alpha value is -0.580. The van der Waals surface area contributed by atoms with Gasteiger partial charge in [0.2, 0.25) is 5.91 Å². The van der Waals surface area contributed by atoms with Crippen molar-refractivity contribution in [1.29, 1.82) is 0 Å². The molecule has 0 radical (unpaired) electrons. The van der Waals surface area contributed by atoms with E-state index in [4.69, 9.17) is 11.6 Å². The Morgan fingerprint density at radius 2 is 2.06 bits per heavy atom. The highest BCUT2D eigenvalue weighted by molar-refractivity contribution is 9.10. The molecular formula is C13H18BrClN2O. The van der Waals surface area contributed by atoms with Crippen molar-refractivity contribution in [2.24, 2.45) is 0 Å². The molecular weight excluding hydrogens is 316 g/mol. The van der Waals surface area contributed by atoms with Crippen LogP contribution in [0.4, 0.5) is 0 Å². The second-order valence-corrected chi connectivity index (χ2v) is 5.20. The van der Waals surface area contributed by atoms with Gasteiger partial charge in [0.25, 0.3) is 0 Å². The quantitative estimate of drug-likeness (QED) is 0.868. The molecule has 0 aromatic heterocycles. The zero-order valence-electron chi connectivity index (χ0n) is 10.7. The first-order valence-corrected chi connectivity index (χ1v) is 7.18. The van der Waals surface area contributed by atoms with Crippen LogP contribution in [0.3, 0.4) is 0 Å². The average molecular weight is 334 g/mol. The van der Waals surface area contributed by atoms with E-state index >= 15 is 0 Å². The molecule has 100 valence electrons.